The lowest BCUT2D eigenvalue weighted by Crippen LogP contribution is -2.35. The number of hydrogen-bond donors (Lipinski definition) is 0. The van der Waals surface area contributed by atoms with E-state index in [9.17, 15) is 19.2 Å². The second kappa shape index (κ2) is 20.6. The van der Waals surface area contributed by atoms with Gasteiger partial charge < -0.3 is 23.7 Å². The van der Waals surface area contributed by atoms with E-state index in [-0.39, 0.29) is 17.3 Å². The van der Waals surface area contributed by atoms with Crippen molar-refractivity contribution in [3.8, 4) is 0 Å². The summed E-state index contributed by atoms with van der Waals surface area (Å²) in [6, 6.07) is 7.28. The molecule has 0 aliphatic rings. The van der Waals surface area contributed by atoms with E-state index in [0.717, 1.165) is 18.9 Å². The Morgan fingerprint density at radius 2 is 1.24 bits per heavy atom. The Hall–Kier alpha value is -1.32. The Labute approximate surface area is 248 Å². The first kappa shape index (κ1) is 36.7. The highest BCUT2D eigenvalue weighted by Gasteiger charge is 2.32. The summed E-state index contributed by atoms with van der Waals surface area (Å²) in [5, 5.41) is 0. The predicted octanol–water partition coefficient (Wildman–Crippen LogP) is 6.18. The van der Waals surface area contributed by atoms with E-state index < -0.39 is 24.5 Å². The molecule has 214 valence electrons. The number of ketones is 3. The third kappa shape index (κ3) is 12.7. The van der Waals surface area contributed by atoms with Crippen LogP contribution in [0.3, 0.4) is 0 Å². The van der Waals surface area contributed by atoms with Gasteiger partial charge in [-0.2, -0.15) is 0 Å². The molecule has 0 amide bonds. The standard InChI is InChI=1S/C12H15BrO4S.C8H9BrOS.C5H10O4/c1-4-7(11(15)12(16-2)17-3)10(14)8-5-6-9(13)18-8;1-2-3-6(10)7-4-5-8(9)11-7;1-7-4(6)5(8-2)9-3/h5-7,12H,4H2,1-3H3;4-5H,2-3H2,1H3;5H,1-3H3. The van der Waals surface area contributed by atoms with E-state index in [1.54, 1.807) is 19.1 Å². The number of thiophene rings is 2. The maximum absolute atomic E-state index is 12.2. The van der Waals surface area contributed by atoms with Gasteiger partial charge in [0.05, 0.1) is 30.4 Å². The quantitative estimate of drug-likeness (QED) is 0.105. The number of rotatable bonds is 13. The van der Waals surface area contributed by atoms with Crippen LogP contribution in [0.15, 0.2) is 31.8 Å². The van der Waals surface area contributed by atoms with Crippen molar-refractivity contribution in [1.82, 2.24) is 0 Å². The van der Waals surface area contributed by atoms with Crippen LogP contribution < -0.4 is 0 Å². The largest absolute Gasteiger partial charge is 0.465 e. The van der Waals surface area contributed by atoms with Crippen LogP contribution >= 0.6 is 54.5 Å². The molecule has 0 N–H and O–H groups in total. The van der Waals surface area contributed by atoms with Crippen LogP contribution in [0.4, 0.5) is 0 Å². The number of carbonyl (C=O) groups excluding carboxylic acids is 4. The zero-order chi connectivity index (χ0) is 29.3. The molecule has 2 aromatic rings. The van der Waals surface area contributed by atoms with Crippen molar-refractivity contribution in [2.75, 3.05) is 35.5 Å². The van der Waals surface area contributed by atoms with E-state index in [1.807, 2.05) is 19.1 Å². The summed E-state index contributed by atoms with van der Waals surface area (Å²) in [6.07, 6.45) is 0.134. The van der Waals surface area contributed by atoms with Crippen LogP contribution in [-0.2, 0) is 33.3 Å². The lowest BCUT2D eigenvalue weighted by molar-refractivity contribution is -0.180. The van der Waals surface area contributed by atoms with Gasteiger partial charge in [0, 0.05) is 34.9 Å². The van der Waals surface area contributed by atoms with E-state index in [1.165, 1.54) is 58.2 Å². The summed E-state index contributed by atoms with van der Waals surface area (Å²) in [5.74, 6) is -1.52. The second-order valence-electron chi connectivity index (χ2n) is 7.24. The zero-order valence-electron chi connectivity index (χ0n) is 22.4. The van der Waals surface area contributed by atoms with Gasteiger partial charge in [0.15, 0.2) is 17.3 Å². The smallest absolute Gasteiger partial charge is 0.363 e. The molecule has 1 unspecified atom stereocenters. The van der Waals surface area contributed by atoms with E-state index in [4.69, 9.17) is 9.47 Å². The molecule has 0 aliphatic heterocycles. The summed E-state index contributed by atoms with van der Waals surface area (Å²) < 4.78 is 25.1. The topological polar surface area (TPSA) is 114 Å². The molecule has 0 spiro atoms. The Balaban J connectivity index is 0.000000586. The second-order valence-corrected chi connectivity index (χ2v) is 12.2. The maximum Gasteiger partial charge on any atom is 0.363 e. The number of Topliss-reactive ketones (excluding diaryl/α,β-unsaturated/α-hetero) is 3. The van der Waals surface area contributed by atoms with Crippen LogP contribution in [0, 0.1) is 5.92 Å². The Morgan fingerprint density at radius 3 is 1.55 bits per heavy atom. The summed E-state index contributed by atoms with van der Waals surface area (Å²) in [4.78, 5) is 47.5. The predicted molar refractivity (Wildman–Crippen MR) is 154 cm³/mol. The van der Waals surface area contributed by atoms with Gasteiger partial charge in [0.2, 0.25) is 6.29 Å². The molecule has 0 aromatic carbocycles. The molecule has 13 heteroatoms. The summed E-state index contributed by atoms with van der Waals surface area (Å²) in [7, 11) is 6.76. The number of halogens is 2. The fourth-order valence-corrected chi connectivity index (χ4v) is 5.56. The number of methoxy groups -OCH3 is 5. The van der Waals surface area contributed by atoms with Gasteiger partial charge >= 0.3 is 5.97 Å². The molecule has 2 aromatic heterocycles. The van der Waals surface area contributed by atoms with Gasteiger partial charge in [-0.3, -0.25) is 14.4 Å². The van der Waals surface area contributed by atoms with Crippen LogP contribution in [-0.4, -0.2) is 71.4 Å². The fraction of sp³-hybridized carbons (Fsp3) is 0.520. The van der Waals surface area contributed by atoms with Crippen LogP contribution in [0.25, 0.3) is 0 Å². The van der Waals surface area contributed by atoms with Gasteiger partial charge in [-0.25, -0.2) is 4.79 Å². The van der Waals surface area contributed by atoms with Crippen molar-refractivity contribution in [1.29, 1.82) is 0 Å². The van der Waals surface area contributed by atoms with Gasteiger partial charge in [0.25, 0.3) is 6.29 Å². The minimum Gasteiger partial charge on any atom is -0.465 e. The van der Waals surface area contributed by atoms with Crippen molar-refractivity contribution in [3.05, 3.63) is 41.6 Å². The molecule has 0 aliphatic carbocycles. The number of esters is 1. The van der Waals surface area contributed by atoms with Crippen molar-refractivity contribution in [3.63, 3.8) is 0 Å². The lowest BCUT2D eigenvalue weighted by atomic mass is 9.94. The molecule has 0 saturated carbocycles. The monoisotopic (exact) mass is 700 g/mol. The van der Waals surface area contributed by atoms with Crippen molar-refractivity contribution < 1.29 is 42.9 Å². The van der Waals surface area contributed by atoms with Crippen molar-refractivity contribution in [2.45, 2.75) is 45.7 Å². The average molecular weight is 702 g/mol. The normalized spacial score (nSPS) is 11.2. The Morgan fingerprint density at radius 1 is 0.763 bits per heavy atom. The molecule has 0 saturated heterocycles. The van der Waals surface area contributed by atoms with Crippen LogP contribution in [0.2, 0.25) is 0 Å². The van der Waals surface area contributed by atoms with Gasteiger partial charge in [0.1, 0.15) is 0 Å². The maximum atomic E-state index is 12.2. The van der Waals surface area contributed by atoms with E-state index in [2.05, 4.69) is 46.1 Å². The van der Waals surface area contributed by atoms with Gasteiger partial charge in [-0.15, -0.1) is 22.7 Å². The van der Waals surface area contributed by atoms with Crippen LogP contribution in [0.1, 0.15) is 52.5 Å². The Bertz CT molecular complexity index is 999. The molecule has 0 bridgehead atoms. The van der Waals surface area contributed by atoms with Gasteiger partial charge in [-0.05, 0) is 69.0 Å². The molecule has 9 nitrogen and oxygen atoms in total. The minimum atomic E-state index is -0.984. The lowest BCUT2D eigenvalue weighted by Gasteiger charge is -2.17. The molecule has 0 radical (unpaired) electrons. The van der Waals surface area contributed by atoms with Crippen molar-refractivity contribution >= 4 is 77.9 Å². The summed E-state index contributed by atoms with van der Waals surface area (Å²) in [6.45, 7) is 3.81. The minimum absolute atomic E-state index is 0.183. The first-order valence-corrected chi connectivity index (χ1v) is 14.6. The molecule has 2 rings (SSSR count). The fourth-order valence-electron chi connectivity index (χ4n) is 2.83. The zero-order valence-corrected chi connectivity index (χ0v) is 27.2. The number of ether oxygens (including phenoxy) is 5. The molecule has 38 heavy (non-hydrogen) atoms. The first-order valence-electron chi connectivity index (χ1n) is 11.4. The third-order valence-electron chi connectivity index (χ3n) is 4.69. The number of hydrogen-bond acceptors (Lipinski definition) is 11. The third-order valence-corrected chi connectivity index (χ3v) is 7.99. The SMILES string of the molecule is CCC(C(=O)c1ccc(Br)s1)C(=O)C(OC)OC.CCCC(=O)c1ccc(Br)s1.COC(=O)C(OC)OC. The number of carbonyl (C=O) groups is 4. The highest BCUT2D eigenvalue weighted by atomic mass is 79.9. The summed E-state index contributed by atoms with van der Waals surface area (Å²) >= 11 is 9.43. The average Bonchev–Trinajstić information content (AvgIpc) is 3.55. The Kier molecular flexibility index (Phi) is 19.9. The first-order chi connectivity index (χ1) is 18.0. The summed E-state index contributed by atoms with van der Waals surface area (Å²) in [5.41, 5.74) is 0. The highest BCUT2D eigenvalue weighted by molar-refractivity contribution is 9.11. The molecular weight excluding hydrogens is 668 g/mol. The van der Waals surface area contributed by atoms with Gasteiger partial charge in [-0.1, -0.05) is 13.8 Å². The molecule has 1 atom stereocenters. The van der Waals surface area contributed by atoms with E-state index in [0.29, 0.717) is 17.7 Å². The van der Waals surface area contributed by atoms with Crippen LogP contribution in [0.5, 0.6) is 0 Å². The molecular formula is C25H34Br2O9S2. The molecule has 2 heterocycles. The van der Waals surface area contributed by atoms with Crippen molar-refractivity contribution in [2.24, 2.45) is 5.92 Å². The highest BCUT2D eigenvalue weighted by Crippen LogP contribution is 2.26. The molecule has 0 fully saturated rings. The van der Waals surface area contributed by atoms with E-state index >= 15 is 0 Å².